The number of carbonyl (C=O) groups is 1. The summed E-state index contributed by atoms with van der Waals surface area (Å²) in [6.07, 6.45) is 1.42. The van der Waals surface area contributed by atoms with Crippen LogP contribution >= 0.6 is 31.9 Å². The van der Waals surface area contributed by atoms with Gasteiger partial charge in [0, 0.05) is 4.47 Å². The molecule has 0 atom stereocenters. The first kappa shape index (κ1) is 25.7. The van der Waals surface area contributed by atoms with Gasteiger partial charge in [0.2, 0.25) is 0 Å². The number of amides is 1. The number of hydrogen-bond donors (Lipinski definition) is 1. The molecule has 0 aliphatic heterocycles. The van der Waals surface area contributed by atoms with Gasteiger partial charge in [-0.1, -0.05) is 34.1 Å². The Balaban J connectivity index is 1.81. The van der Waals surface area contributed by atoms with E-state index in [0.29, 0.717) is 27.2 Å². The predicted molar refractivity (Wildman–Crippen MR) is 138 cm³/mol. The van der Waals surface area contributed by atoms with Gasteiger partial charge in [-0.3, -0.25) is 9.10 Å². The van der Waals surface area contributed by atoms with E-state index in [1.54, 1.807) is 54.6 Å². The summed E-state index contributed by atoms with van der Waals surface area (Å²) < 4.78 is 39.6. The average molecular weight is 611 g/mol. The third-order valence-electron chi connectivity index (χ3n) is 4.59. The molecule has 1 amide bonds. The summed E-state index contributed by atoms with van der Waals surface area (Å²) in [6.45, 7) is -0.466. The molecule has 11 heteroatoms. The number of hydrazone groups is 1. The van der Waals surface area contributed by atoms with Crippen LogP contribution in [-0.4, -0.2) is 41.3 Å². The molecule has 0 saturated heterocycles. The largest absolute Gasteiger partial charge is 0.493 e. The number of rotatable bonds is 9. The molecular formula is C23H21Br2N3O5S. The van der Waals surface area contributed by atoms with Gasteiger partial charge in [0.15, 0.2) is 11.5 Å². The minimum Gasteiger partial charge on any atom is -0.493 e. The SMILES string of the molecule is COc1cc(/C=N\NC(=O)CN(c2ccc(Br)cc2)S(=O)(=O)c2ccccc2)cc(Br)c1OC. The fourth-order valence-corrected chi connectivity index (χ4v) is 5.33. The summed E-state index contributed by atoms with van der Waals surface area (Å²) >= 11 is 6.73. The van der Waals surface area contributed by atoms with Crippen molar-refractivity contribution in [3.8, 4) is 11.5 Å². The number of halogens is 2. The van der Waals surface area contributed by atoms with Gasteiger partial charge in [-0.15, -0.1) is 0 Å². The molecule has 0 unspecified atom stereocenters. The predicted octanol–water partition coefficient (Wildman–Crippen LogP) is 4.57. The molecule has 178 valence electrons. The third-order valence-corrected chi connectivity index (χ3v) is 7.50. The van der Waals surface area contributed by atoms with E-state index in [1.807, 2.05) is 0 Å². The smallest absolute Gasteiger partial charge is 0.264 e. The number of sulfonamides is 1. The van der Waals surface area contributed by atoms with E-state index in [2.05, 4.69) is 42.4 Å². The van der Waals surface area contributed by atoms with Crippen molar-refractivity contribution in [2.24, 2.45) is 5.10 Å². The molecular weight excluding hydrogens is 590 g/mol. The molecule has 0 aliphatic rings. The van der Waals surface area contributed by atoms with Crippen molar-refractivity contribution in [1.82, 2.24) is 5.43 Å². The maximum Gasteiger partial charge on any atom is 0.264 e. The molecule has 0 heterocycles. The number of benzene rings is 3. The van der Waals surface area contributed by atoms with Gasteiger partial charge in [-0.05, 0) is 70.0 Å². The highest BCUT2D eigenvalue weighted by molar-refractivity contribution is 9.10. The fourth-order valence-electron chi connectivity index (χ4n) is 3.00. The van der Waals surface area contributed by atoms with E-state index < -0.39 is 22.5 Å². The van der Waals surface area contributed by atoms with E-state index >= 15 is 0 Å². The van der Waals surface area contributed by atoms with Crippen LogP contribution in [0.1, 0.15) is 5.56 Å². The number of anilines is 1. The Morgan fingerprint density at radius 3 is 2.32 bits per heavy atom. The van der Waals surface area contributed by atoms with Crippen molar-refractivity contribution < 1.29 is 22.7 Å². The number of methoxy groups -OCH3 is 2. The zero-order valence-corrected chi connectivity index (χ0v) is 22.2. The van der Waals surface area contributed by atoms with Crippen molar-refractivity contribution in [3.63, 3.8) is 0 Å². The fraction of sp³-hybridized carbons (Fsp3) is 0.130. The Labute approximate surface area is 214 Å². The standard InChI is InChI=1S/C23H21Br2N3O5S/c1-32-21-13-16(12-20(25)23(21)33-2)14-26-27-22(29)15-28(18-10-8-17(24)9-11-18)34(30,31)19-6-4-3-5-7-19/h3-14H,15H2,1-2H3,(H,27,29)/b26-14-. The van der Waals surface area contributed by atoms with Crippen molar-refractivity contribution in [2.45, 2.75) is 4.90 Å². The summed E-state index contributed by atoms with van der Waals surface area (Å²) in [5.41, 5.74) is 3.35. The van der Waals surface area contributed by atoms with Crippen molar-refractivity contribution in [1.29, 1.82) is 0 Å². The van der Waals surface area contributed by atoms with Crippen molar-refractivity contribution in [3.05, 3.63) is 81.2 Å². The molecule has 0 fully saturated rings. The zero-order valence-electron chi connectivity index (χ0n) is 18.2. The van der Waals surface area contributed by atoms with E-state index in [9.17, 15) is 13.2 Å². The molecule has 3 rings (SSSR count). The quantitative estimate of drug-likeness (QED) is 0.283. The van der Waals surface area contributed by atoms with Crippen LogP contribution < -0.4 is 19.2 Å². The highest BCUT2D eigenvalue weighted by Crippen LogP contribution is 2.35. The van der Waals surface area contributed by atoms with Gasteiger partial charge in [0.25, 0.3) is 15.9 Å². The Bertz CT molecular complexity index is 1280. The highest BCUT2D eigenvalue weighted by Gasteiger charge is 2.27. The van der Waals surface area contributed by atoms with E-state index in [4.69, 9.17) is 9.47 Å². The molecule has 1 N–H and O–H groups in total. The lowest BCUT2D eigenvalue weighted by Crippen LogP contribution is -2.39. The zero-order chi connectivity index (χ0) is 24.7. The van der Waals surface area contributed by atoms with Crippen LogP contribution in [0.15, 0.2) is 85.7 Å². The normalized spacial score (nSPS) is 11.3. The lowest BCUT2D eigenvalue weighted by molar-refractivity contribution is -0.119. The van der Waals surface area contributed by atoms with Gasteiger partial charge in [-0.2, -0.15) is 5.10 Å². The van der Waals surface area contributed by atoms with Crippen LogP contribution in [0.25, 0.3) is 0 Å². The lowest BCUT2D eigenvalue weighted by atomic mass is 10.2. The molecule has 0 radical (unpaired) electrons. The molecule has 8 nitrogen and oxygen atoms in total. The molecule has 3 aromatic carbocycles. The first-order valence-corrected chi connectivity index (χ1v) is 12.9. The maximum atomic E-state index is 13.3. The van der Waals surface area contributed by atoms with E-state index in [0.717, 1.165) is 8.78 Å². The summed E-state index contributed by atoms with van der Waals surface area (Å²) in [5.74, 6) is 0.401. The first-order chi connectivity index (χ1) is 16.3. The van der Waals surface area contributed by atoms with Crippen LogP contribution in [0.3, 0.4) is 0 Å². The summed E-state index contributed by atoms with van der Waals surface area (Å²) in [5, 5.41) is 3.96. The maximum absolute atomic E-state index is 13.3. The second-order valence-corrected chi connectivity index (χ2v) is 10.5. The first-order valence-electron chi connectivity index (χ1n) is 9.83. The molecule has 0 saturated carbocycles. The van der Waals surface area contributed by atoms with Crippen molar-refractivity contribution >= 4 is 59.7 Å². The summed E-state index contributed by atoms with van der Waals surface area (Å²) in [4.78, 5) is 12.7. The van der Waals surface area contributed by atoms with Gasteiger partial charge in [-0.25, -0.2) is 13.8 Å². The minimum atomic E-state index is -3.99. The van der Waals surface area contributed by atoms with E-state index in [1.165, 1.54) is 32.6 Å². The second kappa shape index (κ2) is 11.5. The van der Waals surface area contributed by atoms with Crippen LogP contribution in [-0.2, 0) is 14.8 Å². The number of carbonyl (C=O) groups excluding carboxylic acids is 1. The Kier molecular flexibility index (Phi) is 8.70. The average Bonchev–Trinajstić information content (AvgIpc) is 2.83. The number of nitrogens with one attached hydrogen (secondary N) is 1. The Morgan fingerprint density at radius 2 is 1.71 bits per heavy atom. The molecule has 0 aromatic heterocycles. The summed E-state index contributed by atoms with van der Waals surface area (Å²) in [7, 11) is -0.957. The topological polar surface area (TPSA) is 97.3 Å². The molecule has 0 bridgehead atoms. The van der Waals surface area contributed by atoms with Gasteiger partial charge in [0.05, 0.1) is 35.5 Å². The molecule has 0 aliphatic carbocycles. The van der Waals surface area contributed by atoms with Crippen LogP contribution in [0.4, 0.5) is 5.69 Å². The van der Waals surface area contributed by atoms with Crippen LogP contribution in [0.5, 0.6) is 11.5 Å². The Hall–Kier alpha value is -2.89. The summed E-state index contributed by atoms with van der Waals surface area (Å²) in [6, 6.07) is 18.0. The minimum absolute atomic E-state index is 0.0735. The number of nitrogens with zero attached hydrogens (tertiary/aromatic N) is 2. The monoisotopic (exact) mass is 609 g/mol. The highest BCUT2D eigenvalue weighted by atomic mass is 79.9. The van der Waals surface area contributed by atoms with Gasteiger partial charge in [0.1, 0.15) is 6.54 Å². The van der Waals surface area contributed by atoms with E-state index in [-0.39, 0.29) is 4.90 Å². The molecule has 3 aromatic rings. The number of hydrogen-bond acceptors (Lipinski definition) is 6. The van der Waals surface area contributed by atoms with Crippen LogP contribution in [0, 0.1) is 0 Å². The molecule has 34 heavy (non-hydrogen) atoms. The Morgan fingerprint density at radius 1 is 1.03 bits per heavy atom. The van der Waals surface area contributed by atoms with Gasteiger partial charge >= 0.3 is 0 Å². The number of ether oxygens (including phenoxy) is 2. The van der Waals surface area contributed by atoms with Crippen LogP contribution in [0.2, 0.25) is 0 Å². The third kappa shape index (κ3) is 6.16. The molecule has 0 spiro atoms. The van der Waals surface area contributed by atoms with Gasteiger partial charge < -0.3 is 9.47 Å². The lowest BCUT2D eigenvalue weighted by Gasteiger charge is -2.23. The second-order valence-electron chi connectivity index (χ2n) is 6.83. The van der Waals surface area contributed by atoms with Crippen molar-refractivity contribution in [2.75, 3.05) is 25.1 Å².